The van der Waals surface area contributed by atoms with Gasteiger partial charge in [-0.25, -0.2) is 4.79 Å². The fourth-order valence-electron chi connectivity index (χ4n) is 4.16. The number of carbonyl (C=O) groups excluding carboxylic acids is 4. The van der Waals surface area contributed by atoms with Gasteiger partial charge in [-0.2, -0.15) is 12.6 Å². The number of hydrogen-bond donors (Lipinski definition) is 8. The standard InChI is InChI=1S/C29H48N6O6S/c1-5-18(4)24(28(39)32-21(29(40)41)15-19-11-7-6-8-12-19)35-27(38)23(17(2)3)34-26(37)22(16-42)33-25(36)20(31)13-9-10-14-30/h6-8,11-12,17-18,20-24,42H,5,9-10,13-16,30-31H2,1-4H3,(H,32,39)(H,33,36)(H,34,37)(H,35,38)(H,40,41)/t18-,20-,21-,22-,23-,24-/m0/s1. The summed E-state index contributed by atoms with van der Waals surface area (Å²) in [4.78, 5) is 64.2. The molecular formula is C29H48N6O6S. The highest BCUT2D eigenvalue weighted by molar-refractivity contribution is 7.80. The van der Waals surface area contributed by atoms with Gasteiger partial charge in [0.15, 0.2) is 0 Å². The topological polar surface area (TPSA) is 206 Å². The smallest absolute Gasteiger partial charge is 0.326 e. The number of unbranched alkanes of at least 4 members (excludes halogenated alkanes) is 1. The summed E-state index contributed by atoms with van der Waals surface area (Å²) in [5.41, 5.74) is 12.1. The Morgan fingerprint density at radius 1 is 0.833 bits per heavy atom. The first kappa shape index (κ1) is 36.9. The molecule has 4 amide bonds. The van der Waals surface area contributed by atoms with Crippen molar-refractivity contribution >= 4 is 42.2 Å². The van der Waals surface area contributed by atoms with Crippen LogP contribution in [0, 0.1) is 11.8 Å². The van der Waals surface area contributed by atoms with Gasteiger partial charge >= 0.3 is 5.97 Å². The van der Waals surface area contributed by atoms with Gasteiger partial charge in [-0.3, -0.25) is 19.2 Å². The molecule has 1 aromatic carbocycles. The largest absolute Gasteiger partial charge is 0.480 e. The monoisotopic (exact) mass is 608 g/mol. The normalized spacial score (nSPS) is 15.4. The average Bonchev–Trinajstić information content (AvgIpc) is 2.96. The summed E-state index contributed by atoms with van der Waals surface area (Å²) in [5.74, 6) is -4.34. The van der Waals surface area contributed by atoms with E-state index in [1.165, 1.54) is 0 Å². The van der Waals surface area contributed by atoms with Crippen LogP contribution in [0.5, 0.6) is 0 Å². The molecule has 0 heterocycles. The van der Waals surface area contributed by atoms with Gasteiger partial charge in [0.1, 0.15) is 24.2 Å². The van der Waals surface area contributed by atoms with E-state index in [1.54, 1.807) is 45.0 Å². The lowest BCUT2D eigenvalue weighted by Crippen LogP contribution is -2.61. The number of rotatable bonds is 19. The maximum absolute atomic E-state index is 13.4. The summed E-state index contributed by atoms with van der Waals surface area (Å²) in [7, 11) is 0. The number of thiol groups is 1. The quantitative estimate of drug-likeness (QED) is 0.0810. The van der Waals surface area contributed by atoms with Gasteiger partial charge in [0.25, 0.3) is 0 Å². The third-order valence-electron chi connectivity index (χ3n) is 7.06. The van der Waals surface area contributed by atoms with E-state index in [-0.39, 0.29) is 24.0 Å². The highest BCUT2D eigenvalue weighted by atomic mass is 32.1. The van der Waals surface area contributed by atoms with Crippen LogP contribution >= 0.6 is 12.6 Å². The molecule has 0 fully saturated rings. The van der Waals surface area contributed by atoms with Gasteiger partial charge < -0.3 is 37.8 Å². The van der Waals surface area contributed by atoms with Gasteiger partial charge in [0.2, 0.25) is 23.6 Å². The average molecular weight is 609 g/mol. The van der Waals surface area contributed by atoms with Gasteiger partial charge in [-0.1, -0.05) is 70.9 Å². The first-order chi connectivity index (χ1) is 19.9. The van der Waals surface area contributed by atoms with Crippen molar-refractivity contribution in [2.45, 2.75) is 90.0 Å². The lowest BCUT2D eigenvalue weighted by atomic mass is 9.95. The molecule has 6 atom stereocenters. The zero-order chi connectivity index (χ0) is 31.8. The number of nitrogens with one attached hydrogen (secondary N) is 4. The lowest BCUT2D eigenvalue weighted by molar-refractivity contribution is -0.142. The molecule has 0 saturated heterocycles. The Bertz CT molecular complexity index is 1030. The predicted octanol–water partition coefficient (Wildman–Crippen LogP) is 0.341. The summed E-state index contributed by atoms with van der Waals surface area (Å²) < 4.78 is 0. The number of hydrogen-bond acceptors (Lipinski definition) is 8. The second-order valence-electron chi connectivity index (χ2n) is 10.8. The Morgan fingerprint density at radius 3 is 1.93 bits per heavy atom. The summed E-state index contributed by atoms with van der Waals surface area (Å²) in [6.07, 6.45) is 2.40. The Kier molecular flexibility index (Phi) is 16.8. The number of carboxylic acids is 1. The molecular weight excluding hydrogens is 560 g/mol. The molecule has 0 aliphatic carbocycles. The molecule has 0 bridgehead atoms. The summed E-state index contributed by atoms with van der Waals surface area (Å²) in [6, 6.07) is 3.73. The van der Waals surface area contributed by atoms with Crippen molar-refractivity contribution in [1.29, 1.82) is 0 Å². The second-order valence-corrected chi connectivity index (χ2v) is 11.2. The molecule has 0 spiro atoms. The van der Waals surface area contributed by atoms with E-state index in [0.717, 1.165) is 12.0 Å². The van der Waals surface area contributed by atoms with Gasteiger partial charge in [0, 0.05) is 12.2 Å². The molecule has 0 unspecified atom stereocenters. The van der Waals surface area contributed by atoms with Crippen LogP contribution < -0.4 is 32.7 Å². The van der Waals surface area contributed by atoms with E-state index >= 15 is 0 Å². The van der Waals surface area contributed by atoms with E-state index in [1.807, 2.05) is 13.0 Å². The van der Waals surface area contributed by atoms with Crippen LogP contribution in [-0.2, 0) is 30.4 Å². The molecule has 0 aliphatic heterocycles. The SMILES string of the molecule is CC[C@H](C)[C@H](NC(=O)[C@@H](NC(=O)[C@H](CS)NC(=O)[C@@H](N)CCCCN)C(C)C)C(=O)N[C@@H](Cc1ccccc1)C(=O)O. The number of benzene rings is 1. The van der Waals surface area contributed by atoms with Gasteiger partial charge in [0.05, 0.1) is 6.04 Å². The Balaban J connectivity index is 2.98. The number of carbonyl (C=O) groups is 5. The molecule has 9 N–H and O–H groups in total. The molecule has 12 nitrogen and oxygen atoms in total. The molecule has 1 rings (SSSR count). The van der Waals surface area contributed by atoms with Crippen molar-refractivity contribution in [2.75, 3.05) is 12.3 Å². The van der Waals surface area contributed by atoms with Crippen molar-refractivity contribution in [3.8, 4) is 0 Å². The lowest BCUT2D eigenvalue weighted by Gasteiger charge is -2.29. The predicted molar refractivity (Wildman–Crippen MR) is 165 cm³/mol. The molecule has 13 heteroatoms. The van der Waals surface area contributed by atoms with Crippen molar-refractivity contribution in [3.05, 3.63) is 35.9 Å². The zero-order valence-corrected chi connectivity index (χ0v) is 25.9. The minimum Gasteiger partial charge on any atom is -0.480 e. The summed E-state index contributed by atoms with van der Waals surface area (Å²) >= 11 is 4.18. The maximum atomic E-state index is 13.4. The Labute approximate surface area is 253 Å². The fourth-order valence-corrected chi connectivity index (χ4v) is 4.41. The zero-order valence-electron chi connectivity index (χ0n) is 25.0. The van der Waals surface area contributed by atoms with Crippen LogP contribution in [0.3, 0.4) is 0 Å². The Hall–Kier alpha value is -3.16. The Morgan fingerprint density at radius 2 is 1.40 bits per heavy atom. The van der Waals surface area contributed by atoms with E-state index in [9.17, 15) is 29.1 Å². The van der Waals surface area contributed by atoms with Crippen LogP contribution in [0.2, 0.25) is 0 Å². The highest BCUT2D eigenvalue weighted by Gasteiger charge is 2.34. The molecule has 0 saturated carbocycles. The van der Waals surface area contributed by atoms with Crippen LogP contribution in [0.1, 0.15) is 58.9 Å². The van der Waals surface area contributed by atoms with E-state index in [0.29, 0.717) is 25.8 Å². The first-order valence-electron chi connectivity index (χ1n) is 14.4. The molecule has 1 aromatic rings. The van der Waals surface area contributed by atoms with Gasteiger partial charge in [-0.05, 0) is 36.8 Å². The van der Waals surface area contributed by atoms with Crippen LogP contribution in [-0.4, -0.2) is 77.2 Å². The minimum absolute atomic E-state index is 0.0323. The second kappa shape index (κ2) is 19.1. The molecule has 236 valence electrons. The van der Waals surface area contributed by atoms with E-state index < -0.39 is 59.8 Å². The van der Waals surface area contributed by atoms with Crippen LogP contribution in [0.4, 0.5) is 0 Å². The summed E-state index contributed by atoms with van der Waals surface area (Å²) in [5, 5.41) is 20.2. The van der Waals surface area contributed by atoms with Crippen molar-refractivity contribution in [3.63, 3.8) is 0 Å². The fraction of sp³-hybridized carbons (Fsp3) is 0.621. The van der Waals surface area contributed by atoms with Crippen molar-refractivity contribution in [1.82, 2.24) is 21.3 Å². The van der Waals surface area contributed by atoms with E-state index in [4.69, 9.17) is 11.5 Å². The third-order valence-corrected chi connectivity index (χ3v) is 7.42. The van der Waals surface area contributed by atoms with E-state index in [2.05, 4.69) is 33.9 Å². The molecule has 0 radical (unpaired) electrons. The minimum atomic E-state index is -1.20. The molecule has 0 aliphatic rings. The number of nitrogens with two attached hydrogens (primary N) is 2. The van der Waals surface area contributed by atoms with Crippen molar-refractivity contribution in [2.24, 2.45) is 23.3 Å². The summed E-state index contributed by atoms with van der Waals surface area (Å²) in [6.45, 7) is 7.56. The number of carboxylic acid groups (broad SMARTS) is 1. The van der Waals surface area contributed by atoms with Crippen LogP contribution in [0.15, 0.2) is 30.3 Å². The molecule has 42 heavy (non-hydrogen) atoms. The third kappa shape index (κ3) is 12.4. The number of aliphatic carboxylic acids is 1. The highest BCUT2D eigenvalue weighted by Crippen LogP contribution is 2.12. The van der Waals surface area contributed by atoms with Crippen molar-refractivity contribution < 1.29 is 29.1 Å². The number of amides is 4. The first-order valence-corrected chi connectivity index (χ1v) is 15.0. The van der Waals surface area contributed by atoms with Crippen LogP contribution in [0.25, 0.3) is 0 Å². The molecule has 0 aromatic heterocycles. The van der Waals surface area contributed by atoms with Gasteiger partial charge in [-0.15, -0.1) is 0 Å². The maximum Gasteiger partial charge on any atom is 0.326 e.